The highest BCUT2D eigenvalue weighted by molar-refractivity contribution is 6.48. The fraction of sp³-hybridized carbons (Fsp3) is 1.00. The Balaban J connectivity index is 3.81. The van der Waals surface area contributed by atoms with Gasteiger partial charge in [-0.25, -0.2) is 0 Å². The van der Waals surface area contributed by atoms with Crippen LogP contribution in [0.2, 0.25) is 0 Å². The third-order valence-corrected chi connectivity index (χ3v) is 4.58. The summed E-state index contributed by atoms with van der Waals surface area (Å²) in [4.78, 5) is 0. The zero-order valence-electron chi connectivity index (χ0n) is 11.8. The van der Waals surface area contributed by atoms with Crippen molar-refractivity contribution in [2.45, 2.75) is 82.1 Å². The SMILES string of the molecule is CCCCCCCCC(C)C(Cl)(Cl)CCC(F)(F)F. The average molecular weight is 321 g/mol. The summed E-state index contributed by atoms with van der Waals surface area (Å²) in [6, 6.07) is 0. The van der Waals surface area contributed by atoms with Crippen molar-refractivity contribution < 1.29 is 13.2 Å². The Morgan fingerprint density at radius 2 is 1.42 bits per heavy atom. The molecule has 5 heteroatoms. The fourth-order valence-electron chi connectivity index (χ4n) is 2.00. The standard InChI is InChI=1S/C14H25Cl2F3/c1-3-4-5-6-7-8-9-12(2)13(15,16)10-11-14(17,18)19/h12H,3-11H2,1-2H3. The molecule has 0 aliphatic carbocycles. The summed E-state index contributed by atoms with van der Waals surface area (Å²) < 4.78 is 35.2. The molecule has 0 amide bonds. The second-order valence-electron chi connectivity index (χ2n) is 5.33. The fourth-order valence-corrected chi connectivity index (χ4v) is 2.40. The topological polar surface area (TPSA) is 0 Å². The Bertz CT molecular complexity index is 227. The van der Waals surface area contributed by atoms with Gasteiger partial charge in [0.15, 0.2) is 0 Å². The molecule has 0 radical (unpaired) electrons. The van der Waals surface area contributed by atoms with Crippen LogP contribution in [0.25, 0.3) is 0 Å². The summed E-state index contributed by atoms with van der Waals surface area (Å²) >= 11 is 12.0. The third kappa shape index (κ3) is 10.8. The molecule has 0 saturated heterocycles. The normalized spacial score (nSPS) is 14.7. The van der Waals surface area contributed by atoms with E-state index in [1.165, 1.54) is 25.7 Å². The molecule has 0 N–H and O–H groups in total. The van der Waals surface area contributed by atoms with E-state index in [4.69, 9.17) is 23.2 Å². The van der Waals surface area contributed by atoms with Gasteiger partial charge in [0.05, 0.1) is 0 Å². The van der Waals surface area contributed by atoms with Gasteiger partial charge >= 0.3 is 6.18 Å². The van der Waals surface area contributed by atoms with Crippen molar-refractivity contribution in [1.82, 2.24) is 0 Å². The Morgan fingerprint density at radius 1 is 0.895 bits per heavy atom. The lowest BCUT2D eigenvalue weighted by Crippen LogP contribution is -2.26. The Kier molecular flexibility index (Phi) is 9.51. The van der Waals surface area contributed by atoms with Gasteiger partial charge < -0.3 is 0 Å². The van der Waals surface area contributed by atoms with Gasteiger partial charge in [-0.15, -0.1) is 23.2 Å². The average Bonchev–Trinajstić information content (AvgIpc) is 2.30. The zero-order valence-corrected chi connectivity index (χ0v) is 13.3. The predicted molar refractivity (Wildman–Crippen MR) is 76.9 cm³/mol. The first-order valence-electron chi connectivity index (χ1n) is 7.13. The summed E-state index contributed by atoms with van der Waals surface area (Å²) in [6.07, 6.45) is 2.41. The van der Waals surface area contributed by atoms with Crippen LogP contribution < -0.4 is 0 Å². The summed E-state index contributed by atoms with van der Waals surface area (Å²) in [5, 5.41) is 0. The molecule has 0 nitrogen and oxygen atoms in total. The van der Waals surface area contributed by atoms with Gasteiger partial charge in [0, 0.05) is 6.42 Å². The van der Waals surface area contributed by atoms with E-state index in [0.717, 1.165) is 19.3 Å². The monoisotopic (exact) mass is 320 g/mol. The molecule has 1 unspecified atom stereocenters. The molecule has 0 aromatic carbocycles. The van der Waals surface area contributed by atoms with Crippen molar-refractivity contribution in [1.29, 1.82) is 0 Å². The first kappa shape index (κ1) is 19.4. The second-order valence-corrected chi connectivity index (χ2v) is 6.88. The summed E-state index contributed by atoms with van der Waals surface area (Å²) in [6.45, 7) is 4.00. The highest BCUT2D eigenvalue weighted by atomic mass is 35.5. The van der Waals surface area contributed by atoms with Crippen molar-refractivity contribution >= 4 is 23.2 Å². The number of unbranched alkanes of at least 4 members (excludes halogenated alkanes) is 5. The van der Waals surface area contributed by atoms with Gasteiger partial charge in [-0.2, -0.15) is 13.2 Å². The molecule has 116 valence electrons. The van der Waals surface area contributed by atoms with Crippen LogP contribution in [-0.2, 0) is 0 Å². The van der Waals surface area contributed by atoms with E-state index in [1.54, 1.807) is 0 Å². The van der Waals surface area contributed by atoms with Crippen molar-refractivity contribution in [2.75, 3.05) is 0 Å². The highest BCUT2D eigenvalue weighted by Gasteiger charge is 2.36. The minimum Gasteiger partial charge on any atom is -0.171 e. The van der Waals surface area contributed by atoms with Crippen LogP contribution in [0.15, 0.2) is 0 Å². The Morgan fingerprint density at radius 3 is 1.95 bits per heavy atom. The lowest BCUT2D eigenvalue weighted by Gasteiger charge is -2.27. The van der Waals surface area contributed by atoms with Crippen LogP contribution in [0, 0.1) is 5.92 Å². The molecule has 0 aliphatic heterocycles. The van der Waals surface area contributed by atoms with Crippen LogP contribution in [0.1, 0.15) is 71.6 Å². The highest BCUT2D eigenvalue weighted by Crippen LogP contribution is 2.40. The number of hydrogen-bond donors (Lipinski definition) is 0. The smallest absolute Gasteiger partial charge is 0.171 e. The first-order valence-corrected chi connectivity index (χ1v) is 7.89. The van der Waals surface area contributed by atoms with E-state index in [9.17, 15) is 13.2 Å². The lowest BCUT2D eigenvalue weighted by molar-refractivity contribution is -0.136. The molecular formula is C14H25Cl2F3. The number of rotatable bonds is 10. The summed E-state index contributed by atoms with van der Waals surface area (Å²) in [5.74, 6) is -0.107. The Hall–Kier alpha value is 0.370. The van der Waals surface area contributed by atoms with E-state index >= 15 is 0 Å². The largest absolute Gasteiger partial charge is 0.389 e. The molecule has 0 heterocycles. The zero-order chi connectivity index (χ0) is 14.9. The van der Waals surface area contributed by atoms with Crippen molar-refractivity contribution in [2.24, 2.45) is 5.92 Å². The van der Waals surface area contributed by atoms with Crippen LogP contribution in [0.4, 0.5) is 13.2 Å². The minimum atomic E-state index is -4.19. The minimum absolute atomic E-state index is 0.107. The van der Waals surface area contributed by atoms with Gasteiger partial charge in [-0.3, -0.25) is 0 Å². The van der Waals surface area contributed by atoms with Gasteiger partial charge in [0.25, 0.3) is 0 Å². The molecule has 19 heavy (non-hydrogen) atoms. The van der Waals surface area contributed by atoms with E-state index in [-0.39, 0.29) is 12.3 Å². The predicted octanol–water partition coefficient (Wildman–Crippen LogP) is 6.89. The summed E-state index contributed by atoms with van der Waals surface area (Å²) in [7, 11) is 0. The van der Waals surface area contributed by atoms with E-state index < -0.39 is 16.9 Å². The number of alkyl halides is 5. The lowest BCUT2D eigenvalue weighted by atomic mass is 9.95. The molecule has 0 fully saturated rings. The molecule has 1 atom stereocenters. The van der Waals surface area contributed by atoms with Crippen LogP contribution in [0.3, 0.4) is 0 Å². The number of halogens is 5. The second kappa shape index (κ2) is 9.33. The van der Waals surface area contributed by atoms with Crippen molar-refractivity contribution in [3.63, 3.8) is 0 Å². The van der Waals surface area contributed by atoms with Crippen LogP contribution >= 0.6 is 23.2 Å². The third-order valence-electron chi connectivity index (χ3n) is 3.45. The molecular weight excluding hydrogens is 296 g/mol. The Labute approximate surface area is 125 Å². The van der Waals surface area contributed by atoms with E-state index in [0.29, 0.717) is 0 Å². The number of hydrogen-bond acceptors (Lipinski definition) is 0. The molecule has 0 spiro atoms. The molecule has 0 bridgehead atoms. The molecule has 0 rings (SSSR count). The van der Waals surface area contributed by atoms with Gasteiger partial charge in [-0.1, -0.05) is 52.4 Å². The maximum atomic E-state index is 12.2. The van der Waals surface area contributed by atoms with Gasteiger partial charge in [0.2, 0.25) is 0 Å². The van der Waals surface area contributed by atoms with E-state index in [2.05, 4.69) is 6.92 Å². The molecule has 0 saturated carbocycles. The van der Waals surface area contributed by atoms with Gasteiger partial charge in [-0.05, 0) is 18.8 Å². The molecule has 0 aromatic heterocycles. The van der Waals surface area contributed by atoms with Crippen molar-refractivity contribution in [3.05, 3.63) is 0 Å². The van der Waals surface area contributed by atoms with Gasteiger partial charge in [0.1, 0.15) is 4.33 Å². The maximum Gasteiger partial charge on any atom is 0.389 e. The van der Waals surface area contributed by atoms with E-state index in [1.807, 2.05) is 6.92 Å². The van der Waals surface area contributed by atoms with Crippen molar-refractivity contribution in [3.8, 4) is 0 Å². The summed E-state index contributed by atoms with van der Waals surface area (Å²) in [5.41, 5.74) is 0. The molecule has 0 aromatic rings. The van der Waals surface area contributed by atoms with Crippen LogP contribution in [-0.4, -0.2) is 10.5 Å². The molecule has 0 aliphatic rings. The van der Waals surface area contributed by atoms with Crippen LogP contribution in [0.5, 0.6) is 0 Å². The first-order chi connectivity index (χ1) is 8.69. The quantitative estimate of drug-likeness (QED) is 0.303. The maximum absolute atomic E-state index is 12.2.